The second kappa shape index (κ2) is 9.93. The van der Waals surface area contributed by atoms with Gasteiger partial charge in [0.15, 0.2) is 0 Å². The number of nitrogens with zero attached hydrogens (tertiary/aromatic N) is 2. The van der Waals surface area contributed by atoms with Crippen molar-refractivity contribution in [2.45, 2.75) is 32.2 Å². The van der Waals surface area contributed by atoms with E-state index in [-0.39, 0.29) is 5.91 Å². The molecule has 3 nitrogen and oxygen atoms in total. The van der Waals surface area contributed by atoms with E-state index in [9.17, 15) is 4.79 Å². The average Bonchev–Trinajstić information content (AvgIpc) is 3.38. The van der Waals surface area contributed by atoms with Crippen LogP contribution in [0.3, 0.4) is 0 Å². The normalized spacial score (nSPS) is 15.0. The Morgan fingerprint density at radius 1 is 0.871 bits per heavy atom. The standard InChI is InChI=1S/C28H32N2O/c1-22(30-19-6-7-20-30)24-12-10-23(11-13-24)18-21-29(2)28(31)27-16-14-26(15-17-27)25-8-4-3-5-9-25/h3-5,8-17,22H,6-7,18-21H2,1-2H3. The minimum atomic E-state index is 0.0684. The van der Waals surface area contributed by atoms with E-state index in [1.54, 1.807) is 0 Å². The van der Waals surface area contributed by atoms with Crippen LogP contribution in [-0.4, -0.2) is 42.4 Å². The predicted octanol–water partition coefficient (Wildman–Crippen LogP) is 5.83. The van der Waals surface area contributed by atoms with Gasteiger partial charge in [0.2, 0.25) is 0 Å². The highest BCUT2D eigenvalue weighted by Crippen LogP contribution is 2.25. The number of hydrogen-bond acceptors (Lipinski definition) is 2. The molecule has 1 unspecified atom stereocenters. The first-order valence-corrected chi connectivity index (χ1v) is 11.4. The smallest absolute Gasteiger partial charge is 0.253 e. The molecule has 3 aromatic carbocycles. The molecule has 0 saturated carbocycles. The van der Waals surface area contributed by atoms with Crippen molar-refractivity contribution in [2.75, 3.05) is 26.7 Å². The highest BCUT2D eigenvalue weighted by atomic mass is 16.2. The third-order valence-corrected chi connectivity index (χ3v) is 6.47. The number of amides is 1. The molecule has 1 atom stereocenters. The number of hydrogen-bond donors (Lipinski definition) is 0. The number of carbonyl (C=O) groups excluding carboxylic acids is 1. The van der Waals surface area contributed by atoms with Crippen molar-refractivity contribution in [1.29, 1.82) is 0 Å². The zero-order chi connectivity index (χ0) is 21.6. The van der Waals surface area contributed by atoms with Crippen molar-refractivity contribution in [3.05, 3.63) is 95.6 Å². The third kappa shape index (κ3) is 5.23. The molecule has 160 valence electrons. The van der Waals surface area contributed by atoms with Crippen LogP contribution in [0.5, 0.6) is 0 Å². The van der Waals surface area contributed by atoms with E-state index in [2.05, 4.69) is 48.2 Å². The summed E-state index contributed by atoms with van der Waals surface area (Å²) in [6, 6.07) is 27.6. The summed E-state index contributed by atoms with van der Waals surface area (Å²) in [5, 5.41) is 0. The molecule has 1 aliphatic rings. The van der Waals surface area contributed by atoms with Gasteiger partial charge in [-0.1, -0.05) is 66.7 Å². The van der Waals surface area contributed by atoms with Crippen molar-refractivity contribution in [3.8, 4) is 11.1 Å². The summed E-state index contributed by atoms with van der Waals surface area (Å²) in [7, 11) is 1.89. The van der Waals surface area contributed by atoms with E-state index in [0.717, 1.165) is 23.1 Å². The second-order valence-corrected chi connectivity index (χ2v) is 8.58. The summed E-state index contributed by atoms with van der Waals surface area (Å²) in [6.45, 7) is 5.43. The van der Waals surface area contributed by atoms with Crippen molar-refractivity contribution in [1.82, 2.24) is 9.80 Å². The molecule has 1 fully saturated rings. The Morgan fingerprint density at radius 2 is 1.48 bits per heavy atom. The van der Waals surface area contributed by atoms with E-state index in [0.29, 0.717) is 12.6 Å². The highest BCUT2D eigenvalue weighted by molar-refractivity contribution is 5.94. The Labute approximate surface area is 186 Å². The van der Waals surface area contributed by atoms with Crippen LogP contribution in [0.15, 0.2) is 78.9 Å². The van der Waals surface area contributed by atoms with Gasteiger partial charge >= 0.3 is 0 Å². The maximum atomic E-state index is 12.8. The van der Waals surface area contributed by atoms with E-state index < -0.39 is 0 Å². The molecule has 0 bridgehead atoms. The molecule has 0 spiro atoms. The summed E-state index contributed by atoms with van der Waals surface area (Å²) in [5.74, 6) is 0.0684. The average molecular weight is 413 g/mol. The van der Waals surface area contributed by atoms with E-state index in [4.69, 9.17) is 0 Å². The molecule has 1 amide bonds. The zero-order valence-corrected chi connectivity index (χ0v) is 18.6. The number of benzene rings is 3. The van der Waals surface area contributed by atoms with Crippen molar-refractivity contribution in [3.63, 3.8) is 0 Å². The largest absolute Gasteiger partial charge is 0.341 e. The molecule has 3 aromatic rings. The van der Waals surface area contributed by atoms with E-state index in [1.807, 2.05) is 54.4 Å². The molecule has 1 saturated heterocycles. The van der Waals surface area contributed by atoms with E-state index >= 15 is 0 Å². The Kier molecular flexibility index (Phi) is 6.83. The zero-order valence-electron chi connectivity index (χ0n) is 18.6. The van der Waals surface area contributed by atoms with Crippen molar-refractivity contribution < 1.29 is 4.79 Å². The second-order valence-electron chi connectivity index (χ2n) is 8.58. The van der Waals surface area contributed by atoms with Gasteiger partial charge in [-0.25, -0.2) is 0 Å². The first kappa shape index (κ1) is 21.3. The molecule has 4 rings (SSSR count). The lowest BCUT2D eigenvalue weighted by molar-refractivity contribution is 0.0796. The third-order valence-electron chi connectivity index (χ3n) is 6.47. The molecule has 0 aromatic heterocycles. The fourth-order valence-corrected chi connectivity index (χ4v) is 4.36. The van der Waals surface area contributed by atoms with Gasteiger partial charge in [-0.2, -0.15) is 0 Å². The lowest BCUT2D eigenvalue weighted by Crippen LogP contribution is -2.28. The SMILES string of the molecule is CC(c1ccc(CCN(C)C(=O)c2ccc(-c3ccccc3)cc2)cc1)N1CCCC1. The van der Waals surface area contributed by atoms with Gasteiger partial charge in [0.05, 0.1) is 0 Å². The quantitative estimate of drug-likeness (QED) is 0.488. The molecular weight excluding hydrogens is 380 g/mol. The molecule has 31 heavy (non-hydrogen) atoms. The Bertz CT molecular complexity index is 974. The van der Waals surface area contributed by atoms with Crippen LogP contribution in [0.4, 0.5) is 0 Å². The van der Waals surface area contributed by atoms with Crippen molar-refractivity contribution >= 4 is 5.91 Å². The van der Waals surface area contributed by atoms with Crippen LogP contribution in [0.1, 0.15) is 47.3 Å². The van der Waals surface area contributed by atoms with Crippen LogP contribution in [0, 0.1) is 0 Å². The number of carbonyl (C=O) groups is 1. The molecule has 0 aliphatic carbocycles. The lowest BCUT2D eigenvalue weighted by Gasteiger charge is -2.24. The maximum absolute atomic E-state index is 12.8. The van der Waals surface area contributed by atoms with Crippen LogP contribution < -0.4 is 0 Å². The number of likely N-dealkylation sites (N-methyl/N-ethyl adjacent to an activating group) is 1. The summed E-state index contributed by atoms with van der Waals surface area (Å²) < 4.78 is 0. The highest BCUT2D eigenvalue weighted by Gasteiger charge is 2.19. The Balaban J connectivity index is 1.32. The summed E-state index contributed by atoms with van der Waals surface area (Å²) in [6.07, 6.45) is 3.50. The topological polar surface area (TPSA) is 23.6 Å². The van der Waals surface area contributed by atoms with Crippen LogP contribution >= 0.6 is 0 Å². The van der Waals surface area contributed by atoms with Gasteiger partial charge in [-0.3, -0.25) is 9.69 Å². The van der Waals surface area contributed by atoms with Crippen LogP contribution in [0.25, 0.3) is 11.1 Å². The number of likely N-dealkylation sites (tertiary alicyclic amines) is 1. The fraction of sp³-hybridized carbons (Fsp3) is 0.321. The van der Waals surface area contributed by atoms with Gasteiger partial charge in [-0.05, 0) is 73.7 Å². The van der Waals surface area contributed by atoms with Crippen LogP contribution in [-0.2, 0) is 6.42 Å². The lowest BCUT2D eigenvalue weighted by atomic mass is 10.0. The molecule has 0 N–H and O–H groups in total. The predicted molar refractivity (Wildman–Crippen MR) is 128 cm³/mol. The molecule has 1 heterocycles. The Hall–Kier alpha value is -2.91. The van der Waals surface area contributed by atoms with Gasteiger partial charge in [-0.15, -0.1) is 0 Å². The Morgan fingerprint density at radius 3 is 2.13 bits per heavy atom. The van der Waals surface area contributed by atoms with Gasteiger partial charge < -0.3 is 4.90 Å². The minimum absolute atomic E-state index is 0.0684. The fourth-order valence-electron chi connectivity index (χ4n) is 4.36. The molecular formula is C28H32N2O. The molecule has 0 radical (unpaired) electrons. The molecule has 1 aliphatic heterocycles. The summed E-state index contributed by atoms with van der Waals surface area (Å²) >= 11 is 0. The summed E-state index contributed by atoms with van der Waals surface area (Å²) in [5.41, 5.74) is 5.68. The minimum Gasteiger partial charge on any atom is -0.341 e. The van der Waals surface area contributed by atoms with Crippen molar-refractivity contribution in [2.24, 2.45) is 0 Å². The first-order valence-electron chi connectivity index (χ1n) is 11.4. The van der Waals surface area contributed by atoms with Gasteiger partial charge in [0.1, 0.15) is 0 Å². The maximum Gasteiger partial charge on any atom is 0.253 e. The first-order chi connectivity index (χ1) is 15.1. The number of rotatable bonds is 7. The monoisotopic (exact) mass is 412 g/mol. The summed E-state index contributed by atoms with van der Waals surface area (Å²) in [4.78, 5) is 17.2. The van der Waals surface area contributed by atoms with Crippen LogP contribution in [0.2, 0.25) is 0 Å². The molecule has 3 heteroatoms. The van der Waals surface area contributed by atoms with E-state index in [1.165, 1.54) is 37.1 Å². The van der Waals surface area contributed by atoms with Gasteiger partial charge in [0, 0.05) is 25.2 Å². The van der Waals surface area contributed by atoms with Gasteiger partial charge in [0.25, 0.3) is 5.91 Å².